The summed E-state index contributed by atoms with van der Waals surface area (Å²) in [6.07, 6.45) is 1.02. The molecule has 0 radical (unpaired) electrons. The lowest BCUT2D eigenvalue weighted by atomic mass is 10.1. The fraction of sp³-hybridized carbons (Fsp3) is 0.529. The molecule has 1 heterocycles. The molecular weight excluding hydrogens is 264 g/mol. The first-order valence-corrected chi connectivity index (χ1v) is 7.56. The van der Waals surface area contributed by atoms with Crippen molar-refractivity contribution in [2.24, 2.45) is 7.05 Å². The number of fused-ring (bicyclic) bond motifs is 1. The quantitative estimate of drug-likeness (QED) is 0.721. The van der Waals surface area contributed by atoms with E-state index in [9.17, 15) is 0 Å². The van der Waals surface area contributed by atoms with Crippen molar-refractivity contribution in [2.45, 2.75) is 19.9 Å². The third-order valence-corrected chi connectivity index (χ3v) is 3.87. The third kappa shape index (κ3) is 4.06. The van der Waals surface area contributed by atoms with Crippen molar-refractivity contribution >= 4 is 10.9 Å². The van der Waals surface area contributed by atoms with Gasteiger partial charge >= 0.3 is 0 Å². The van der Waals surface area contributed by atoms with Gasteiger partial charge in [0.05, 0.1) is 13.2 Å². The van der Waals surface area contributed by atoms with Crippen LogP contribution >= 0.6 is 0 Å². The molecule has 4 heteroatoms. The number of ether oxygens (including phenoxy) is 2. The standard InChI is InChI=1S/C17H26N2O2/c1-14-15-7-4-5-8-16(15)19(2)17(14)13-18-9-6-10-21-12-11-20-3/h4-5,7-8,18H,6,9-13H2,1-3H3. The SMILES string of the molecule is COCCOCCCNCc1c(C)c2ccccc2n1C. The molecule has 1 aromatic carbocycles. The highest BCUT2D eigenvalue weighted by Gasteiger charge is 2.10. The summed E-state index contributed by atoms with van der Waals surface area (Å²) in [5.41, 5.74) is 4.03. The maximum atomic E-state index is 5.45. The zero-order chi connectivity index (χ0) is 15.1. The summed E-state index contributed by atoms with van der Waals surface area (Å²) in [4.78, 5) is 0. The molecule has 0 aliphatic rings. The number of nitrogens with zero attached hydrogens (tertiary/aromatic N) is 1. The Bertz CT molecular complexity index is 524. The molecule has 4 nitrogen and oxygen atoms in total. The van der Waals surface area contributed by atoms with Crippen molar-refractivity contribution < 1.29 is 9.47 Å². The van der Waals surface area contributed by atoms with Gasteiger partial charge in [-0.15, -0.1) is 0 Å². The molecule has 0 bridgehead atoms. The van der Waals surface area contributed by atoms with E-state index in [1.54, 1.807) is 7.11 Å². The van der Waals surface area contributed by atoms with Crippen LogP contribution in [-0.2, 0) is 23.1 Å². The molecule has 0 spiro atoms. The molecule has 2 rings (SSSR count). The summed E-state index contributed by atoms with van der Waals surface area (Å²) < 4.78 is 12.7. The molecule has 1 N–H and O–H groups in total. The maximum Gasteiger partial charge on any atom is 0.0700 e. The summed E-state index contributed by atoms with van der Waals surface area (Å²) in [7, 11) is 3.83. The number of methoxy groups -OCH3 is 1. The second kappa shape index (κ2) is 8.17. The molecule has 0 amide bonds. The minimum Gasteiger partial charge on any atom is -0.382 e. The van der Waals surface area contributed by atoms with Crippen LogP contribution in [0.5, 0.6) is 0 Å². The van der Waals surface area contributed by atoms with Crippen molar-refractivity contribution in [1.29, 1.82) is 0 Å². The Balaban J connectivity index is 1.79. The van der Waals surface area contributed by atoms with Crippen molar-refractivity contribution in [3.63, 3.8) is 0 Å². The average Bonchev–Trinajstić information content (AvgIpc) is 2.75. The van der Waals surface area contributed by atoms with Crippen LogP contribution in [0.2, 0.25) is 0 Å². The lowest BCUT2D eigenvalue weighted by molar-refractivity contribution is 0.0694. The van der Waals surface area contributed by atoms with Gasteiger partial charge in [-0.05, 0) is 31.5 Å². The van der Waals surface area contributed by atoms with E-state index in [4.69, 9.17) is 9.47 Å². The van der Waals surface area contributed by atoms with Gasteiger partial charge in [0.15, 0.2) is 0 Å². The fourth-order valence-electron chi connectivity index (χ4n) is 2.64. The Morgan fingerprint density at radius 3 is 2.71 bits per heavy atom. The molecule has 0 saturated heterocycles. The molecule has 116 valence electrons. The van der Waals surface area contributed by atoms with E-state index in [1.165, 1.54) is 22.2 Å². The number of aryl methyl sites for hydroxylation is 2. The molecule has 21 heavy (non-hydrogen) atoms. The minimum atomic E-state index is 0.669. The molecule has 0 aliphatic carbocycles. The Morgan fingerprint density at radius 2 is 1.95 bits per heavy atom. The average molecular weight is 290 g/mol. The van der Waals surface area contributed by atoms with Crippen molar-refractivity contribution in [3.05, 3.63) is 35.5 Å². The largest absolute Gasteiger partial charge is 0.382 e. The van der Waals surface area contributed by atoms with E-state index in [0.717, 1.165) is 26.1 Å². The molecule has 1 aromatic heterocycles. The van der Waals surface area contributed by atoms with Crippen LogP contribution in [0.1, 0.15) is 17.7 Å². The van der Waals surface area contributed by atoms with E-state index >= 15 is 0 Å². The molecule has 0 fully saturated rings. The van der Waals surface area contributed by atoms with Crippen LogP contribution < -0.4 is 5.32 Å². The topological polar surface area (TPSA) is 35.4 Å². The Morgan fingerprint density at radius 1 is 1.14 bits per heavy atom. The van der Waals surface area contributed by atoms with Crippen LogP contribution in [0.4, 0.5) is 0 Å². The number of hydrogen-bond acceptors (Lipinski definition) is 3. The van der Waals surface area contributed by atoms with E-state index in [-0.39, 0.29) is 0 Å². The normalized spacial score (nSPS) is 11.4. The lowest BCUT2D eigenvalue weighted by Crippen LogP contribution is -2.19. The molecule has 0 aliphatic heterocycles. The van der Waals surface area contributed by atoms with Gasteiger partial charge < -0.3 is 19.4 Å². The number of aromatic nitrogens is 1. The smallest absolute Gasteiger partial charge is 0.0700 e. The first-order chi connectivity index (χ1) is 10.3. The van der Waals surface area contributed by atoms with Gasteiger partial charge in [-0.2, -0.15) is 0 Å². The van der Waals surface area contributed by atoms with Crippen LogP contribution in [0.25, 0.3) is 10.9 Å². The summed E-state index contributed by atoms with van der Waals surface area (Å²) in [6, 6.07) is 8.56. The first kappa shape index (κ1) is 16.0. The van der Waals surface area contributed by atoms with E-state index in [0.29, 0.717) is 13.2 Å². The highest BCUT2D eigenvalue weighted by atomic mass is 16.5. The van der Waals surface area contributed by atoms with Gasteiger partial charge in [0.2, 0.25) is 0 Å². The van der Waals surface area contributed by atoms with Crippen LogP contribution in [0, 0.1) is 6.92 Å². The molecule has 0 atom stereocenters. The molecule has 2 aromatic rings. The number of benzene rings is 1. The zero-order valence-electron chi connectivity index (χ0n) is 13.3. The highest BCUT2D eigenvalue weighted by molar-refractivity contribution is 5.85. The Labute approximate surface area is 127 Å². The van der Waals surface area contributed by atoms with Crippen molar-refractivity contribution in [3.8, 4) is 0 Å². The van der Waals surface area contributed by atoms with Crippen LogP contribution in [-0.4, -0.2) is 38.0 Å². The van der Waals surface area contributed by atoms with Gasteiger partial charge in [-0.3, -0.25) is 0 Å². The van der Waals surface area contributed by atoms with E-state index in [1.807, 2.05) is 0 Å². The van der Waals surface area contributed by atoms with Gasteiger partial charge in [-0.25, -0.2) is 0 Å². The number of para-hydroxylation sites is 1. The Kier molecular flexibility index (Phi) is 6.23. The minimum absolute atomic E-state index is 0.669. The van der Waals surface area contributed by atoms with Gasteiger partial charge in [0, 0.05) is 43.9 Å². The van der Waals surface area contributed by atoms with Gasteiger partial charge in [0.1, 0.15) is 0 Å². The fourth-order valence-corrected chi connectivity index (χ4v) is 2.64. The molecular formula is C17H26N2O2. The summed E-state index contributed by atoms with van der Waals surface area (Å²) in [6.45, 7) is 6.20. The number of rotatable bonds is 9. The predicted molar refractivity (Wildman–Crippen MR) is 86.7 cm³/mol. The summed E-state index contributed by atoms with van der Waals surface area (Å²) in [5, 5.41) is 4.85. The van der Waals surface area contributed by atoms with Gasteiger partial charge in [0.25, 0.3) is 0 Å². The number of nitrogens with one attached hydrogen (secondary N) is 1. The van der Waals surface area contributed by atoms with Crippen LogP contribution in [0.15, 0.2) is 24.3 Å². The molecule has 0 unspecified atom stereocenters. The van der Waals surface area contributed by atoms with E-state index < -0.39 is 0 Å². The number of hydrogen-bond donors (Lipinski definition) is 1. The maximum absolute atomic E-state index is 5.45. The molecule has 0 saturated carbocycles. The van der Waals surface area contributed by atoms with Gasteiger partial charge in [-0.1, -0.05) is 18.2 Å². The van der Waals surface area contributed by atoms with Crippen molar-refractivity contribution in [2.75, 3.05) is 33.5 Å². The second-order valence-electron chi connectivity index (χ2n) is 5.28. The lowest BCUT2D eigenvalue weighted by Gasteiger charge is -2.08. The summed E-state index contributed by atoms with van der Waals surface area (Å²) in [5.74, 6) is 0. The third-order valence-electron chi connectivity index (χ3n) is 3.87. The van der Waals surface area contributed by atoms with Crippen molar-refractivity contribution in [1.82, 2.24) is 9.88 Å². The van der Waals surface area contributed by atoms with Crippen LogP contribution in [0.3, 0.4) is 0 Å². The summed E-state index contributed by atoms with van der Waals surface area (Å²) >= 11 is 0. The second-order valence-corrected chi connectivity index (χ2v) is 5.28. The Hall–Kier alpha value is -1.36. The monoisotopic (exact) mass is 290 g/mol. The van der Waals surface area contributed by atoms with E-state index in [2.05, 4.69) is 48.1 Å². The predicted octanol–water partition coefficient (Wildman–Crippen LogP) is 2.63. The highest BCUT2D eigenvalue weighted by Crippen LogP contribution is 2.24. The zero-order valence-corrected chi connectivity index (χ0v) is 13.3. The first-order valence-electron chi connectivity index (χ1n) is 7.56.